The molecule has 0 aliphatic rings. The maximum Gasteiger partial charge on any atom is 0.267 e. The standard InChI is InChI=1S/C20H18N2O3/c1-3-17-21-18-15-7-5-6-8-16(15)25-19(18)20(22-17)24-14-11-9-13(10-12-14)23-4-2/h5-12H,3-4H2,1-2H3. The summed E-state index contributed by atoms with van der Waals surface area (Å²) in [6.45, 7) is 4.60. The molecule has 25 heavy (non-hydrogen) atoms. The zero-order valence-electron chi connectivity index (χ0n) is 14.2. The van der Waals surface area contributed by atoms with Gasteiger partial charge in [-0.3, -0.25) is 0 Å². The first-order valence-corrected chi connectivity index (χ1v) is 8.37. The zero-order valence-corrected chi connectivity index (χ0v) is 14.2. The third-order valence-electron chi connectivity index (χ3n) is 3.90. The van der Waals surface area contributed by atoms with Crippen LogP contribution < -0.4 is 9.47 Å². The lowest BCUT2D eigenvalue weighted by Crippen LogP contribution is -1.97. The van der Waals surface area contributed by atoms with Gasteiger partial charge in [-0.25, -0.2) is 4.98 Å². The minimum absolute atomic E-state index is 0.433. The number of para-hydroxylation sites is 1. The van der Waals surface area contributed by atoms with E-state index >= 15 is 0 Å². The maximum absolute atomic E-state index is 6.00. The van der Waals surface area contributed by atoms with Crippen molar-refractivity contribution in [2.75, 3.05) is 6.61 Å². The van der Waals surface area contributed by atoms with Crippen molar-refractivity contribution < 1.29 is 13.9 Å². The number of rotatable bonds is 5. The van der Waals surface area contributed by atoms with E-state index in [-0.39, 0.29) is 0 Å². The van der Waals surface area contributed by atoms with Crippen molar-refractivity contribution in [1.82, 2.24) is 9.97 Å². The van der Waals surface area contributed by atoms with Crippen LogP contribution in [0.2, 0.25) is 0 Å². The lowest BCUT2D eigenvalue weighted by molar-refractivity contribution is 0.339. The third-order valence-corrected chi connectivity index (χ3v) is 3.90. The van der Waals surface area contributed by atoms with E-state index in [1.807, 2.05) is 62.4 Å². The summed E-state index contributed by atoms with van der Waals surface area (Å²) >= 11 is 0. The van der Waals surface area contributed by atoms with E-state index in [1.165, 1.54) is 0 Å². The van der Waals surface area contributed by atoms with Crippen LogP contribution in [0.25, 0.3) is 22.1 Å². The molecule has 0 saturated heterocycles. The van der Waals surface area contributed by atoms with Crippen LogP contribution >= 0.6 is 0 Å². The SMILES string of the molecule is CCOc1ccc(Oc2nc(CC)nc3c2oc2ccccc23)cc1. The molecule has 0 aliphatic heterocycles. The number of hydrogen-bond acceptors (Lipinski definition) is 5. The molecule has 0 saturated carbocycles. The summed E-state index contributed by atoms with van der Waals surface area (Å²) < 4.78 is 17.4. The molecule has 0 unspecified atom stereocenters. The summed E-state index contributed by atoms with van der Waals surface area (Å²) in [5, 5.41) is 0.964. The Bertz CT molecular complexity index is 1020. The quantitative estimate of drug-likeness (QED) is 0.506. The van der Waals surface area contributed by atoms with Gasteiger partial charge in [-0.05, 0) is 43.3 Å². The monoisotopic (exact) mass is 334 g/mol. The van der Waals surface area contributed by atoms with Crippen LogP contribution in [0.3, 0.4) is 0 Å². The number of aromatic nitrogens is 2. The van der Waals surface area contributed by atoms with Crippen molar-refractivity contribution in [3.63, 3.8) is 0 Å². The van der Waals surface area contributed by atoms with Gasteiger partial charge in [0.1, 0.15) is 28.4 Å². The Labute approximate surface area is 145 Å². The average molecular weight is 334 g/mol. The van der Waals surface area contributed by atoms with Crippen molar-refractivity contribution in [2.24, 2.45) is 0 Å². The van der Waals surface area contributed by atoms with E-state index in [4.69, 9.17) is 13.9 Å². The fourth-order valence-electron chi connectivity index (χ4n) is 2.72. The molecule has 4 rings (SSSR count). The summed E-state index contributed by atoms with van der Waals surface area (Å²) in [5.41, 5.74) is 2.12. The molecular weight excluding hydrogens is 316 g/mol. The van der Waals surface area contributed by atoms with E-state index < -0.39 is 0 Å². The number of ether oxygens (including phenoxy) is 2. The molecule has 5 heteroatoms. The van der Waals surface area contributed by atoms with Crippen LogP contribution in [0.1, 0.15) is 19.7 Å². The second-order valence-electron chi connectivity index (χ2n) is 5.58. The fourth-order valence-corrected chi connectivity index (χ4v) is 2.72. The van der Waals surface area contributed by atoms with Gasteiger partial charge >= 0.3 is 0 Å². The van der Waals surface area contributed by atoms with Gasteiger partial charge in [-0.15, -0.1) is 0 Å². The predicted molar refractivity (Wildman–Crippen MR) is 96.4 cm³/mol. The highest BCUT2D eigenvalue weighted by molar-refractivity contribution is 6.03. The molecular formula is C20H18N2O3. The molecule has 0 atom stereocenters. The van der Waals surface area contributed by atoms with Crippen LogP contribution in [-0.4, -0.2) is 16.6 Å². The Hall–Kier alpha value is -3.08. The first-order chi connectivity index (χ1) is 12.3. The zero-order chi connectivity index (χ0) is 17.2. The number of furan rings is 1. The van der Waals surface area contributed by atoms with Crippen LogP contribution in [0.4, 0.5) is 0 Å². The van der Waals surface area contributed by atoms with Gasteiger partial charge in [0.25, 0.3) is 5.88 Å². The largest absolute Gasteiger partial charge is 0.494 e. The molecule has 4 aromatic rings. The first kappa shape index (κ1) is 15.4. The predicted octanol–water partition coefficient (Wildman–Crippen LogP) is 5.13. The van der Waals surface area contributed by atoms with Crippen molar-refractivity contribution >= 4 is 22.1 Å². The Balaban J connectivity index is 1.79. The van der Waals surface area contributed by atoms with Crippen LogP contribution in [0.15, 0.2) is 52.9 Å². The van der Waals surface area contributed by atoms with E-state index in [9.17, 15) is 0 Å². The van der Waals surface area contributed by atoms with E-state index in [2.05, 4.69) is 9.97 Å². The van der Waals surface area contributed by atoms with Gasteiger partial charge in [0.15, 0.2) is 0 Å². The number of aryl methyl sites for hydroxylation is 1. The molecule has 0 radical (unpaired) electrons. The molecule has 0 fully saturated rings. The maximum atomic E-state index is 6.00. The van der Waals surface area contributed by atoms with E-state index in [0.717, 1.165) is 34.5 Å². The normalized spacial score (nSPS) is 11.1. The van der Waals surface area contributed by atoms with Gasteiger partial charge in [-0.1, -0.05) is 19.1 Å². The molecule has 2 heterocycles. The third kappa shape index (κ3) is 2.89. The Morgan fingerprint density at radius 2 is 1.68 bits per heavy atom. The van der Waals surface area contributed by atoms with Gasteiger partial charge in [0.2, 0.25) is 5.58 Å². The van der Waals surface area contributed by atoms with Crippen molar-refractivity contribution in [1.29, 1.82) is 0 Å². The van der Waals surface area contributed by atoms with E-state index in [0.29, 0.717) is 23.8 Å². The summed E-state index contributed by atoms with van der Waals surface area (Å²) in [4.78, 5) is 9.13. The summed E-state index contributed by atoms with van der Waals surface area (Å²) in [6, 6.07) is 15.3. The van der Waals surface area contributed by atoms with Crippen molar-refractivity contribution in [3.05, 3.63) is 54.4 Å². The minimum atomic E-state index is 0.433. The topological polar surface area (TPSA) is 57.4 Å². The Morgan fingerprint density at radius 3 is 2.44 bits per heavy atom. The highest BCUT2D eigenvalue weighted by Gasteiger charge is 2.16. The molecule has 0 N–H and O–H groups in total. The molecule has 5 nitrogen and oxygen atoms in total. The number of benzene rings is 2. The molecule has 0 aliphatic carbocycles. The molecule has 0 spiro atoms. The van der Waals surface area contributed by atoms with Crippen molar-refractivity contribution in [2.45, 2.75) is 20.3 Å². The fraction of sp³-hybridized carbons (Fsp3) is 0.200. The van der Waals surface area contributed by atoms with Crippen LogP contribution in [0, 0.1) is 0 Å². The van der Waals surface area contributed by atoms with Crippen LogP contribution in [-0.2, 0) is 6.42 Å². The number of hydrogen-bond donors (Lipinski definition) is 0. The Morgan fingerprint density at radius 1 is 0.920 bits per heavy atom. The van der Waals surface area contributed by atoms with Gasteiger partial charge in [0.05, 0.1) is 6.61 Å². The van der Waals surface area contributed by atoms with Crippen LogP contribution in [0.5, 0.6) is 17.4 Å². The van der Waals surface area contributed by atoms with E-state index in [1.54, 1.807) is 0 Å². The number of nitrogens with zero attached hydrogens (tertiary/aromatic N) is 2. The molecule has 2 aromatic carbocycles. The summed E-state index contributed by atoms with van der Waals surface area (Å²) in [7, 11) is 0. The lowest BCUT2D eigenvalue weighted by atomic mass is 10.2. The minimum Gasteiger partial charge on any atom is -0.494 e. The lowest BCUT2D eigenvalue weighted by Gasteiger charge is -2.08. The second-order valence-corrected chi connectivity index (χ2v) is 5.58. The molecule has 126 valence electrons. The highest BCUT2D eigenvalue weighted by atomic mass is 16.5. The second kappa shape index (κ2) is 6.43. The van der Waals surface area contributed by atoms with Gasteiger partial charge in [-0.2, -0.15) is 4.98 Å². The van der Waals surface area contributed by atoms with Gasteiger partial charge < -0.3 is 13.9 Å². The van der Waals surface area contributed by atoms with Gasteiger partial charge in [0, 0.05) is 11.8 Å². The number of fused-ring (bicyclic) bond motifs is 3. The molecule has 0 bridgehead atoms. The van der Waals surface area contributed by atoms with Crippen molar-refractivity contribution in [3.8, 4) is 17.4 Å². The average Bonchev–Trinajstić information content (AvgIpc) is 3.02. The highest BCUT2D eigenvalue weighted by Crippen LogP contribution is 2.34. The first-order valence-electron chi connectivity index (χ1n) is 8.37. The Kier molecular flexibility index (Phi) is 3.98. The smallest absolute Gasteiger partial charge is 0.267 e. The summed E-state index contributed by atoms with van der Waals surface area (Å²) in [5.74, 6) is 2.63. The molecule has 2 aromatic heterocycles. The molecule has 0 amide bonds. The summed E-state index contributed by atoms with van der Waals surface area (Å²) in [6.07, 6.45) is 0.717.